The lowest BCUT2D eigenvalue weighted by Crippen LogP contribution is -2.42. The number of carbonyl (C=O) groups excluding carboxylic acids is 2. The number of carbonyl (C=O) groups is 2. The van der Waals surface area contributed by atoms with Crippen LogP contribution in [-0.4, -0.2) is 47.8 Å². The summed E-state index contributed by atoms with van der Waals surface area (Å²) in [6, 6.07) is 0. The smallest absolute Gasteiger partial charge is 0.222 e. The van der Waals surface area contributed by atoms with Gasteiger partial charge >= 0.3 is 0 Å². The molecule has 0 saturated carbocycles. The predicted molar refractivity (Wildman–Crippen MR) is 56.2 cm³/mol. The standard InChI is InChI=1S/C11H18N2O2/c1-9(14)13-6-3-10(8-13)7-11(15)12-4-2-5-12/h10H,2-8H2,1H3. The molecule has 84 valence electrons. The van der Waals surface area contributed by atoms with Crippen molar-refractivity contribution >= 4 is 11.8 Å². The number of rotatable bonds is 2. The molecule has 0 N–H and O–H groups in total. The molecule has 2 heterocycles. The van der Waals surface area contributed by atoms with Crippen LogP contribution in [-0.2, 0) is 9.59 Å². The third kappa shape index (κ3) is 2.30. The van der Waals surface area contributed by atoms with E-state index in [-0.39, 0.29) is 11.8 Å². The van der Waals surface area contributed by atoms with Crippen LogP contribution >= 0.6 is 0 Å². The Morgan fingerprint density at radius 1 is 1.20 bits per heavy atom. The van der Waals surface area contributed by atoms with Crippen LogP contribution in [0.25, 0.3) is 0 Å². The molecule has 0 bridgehead atoms. The van der Waals surface area contributed by atoms with Crippen LogP contribution in [0.1, 0.15) is 26.2 Å². The lowest BCUT2D eigenvalue weighted by atomic mass is 10.0. The first-order chi connectivity index (χ1) is 7.16. The third-order valence-corrected chi connectivity index (χ3v) is 3.40. The molecule has 0 radical (unpaired) electrons. The molecule has 0 spiro atoms. The first kappa shape index (κ1) is 10.5. The number of likely N-dealkylation sites (tertiary alicyclic amines) is 2. The molecule has 0 aliphatic carbocycles. The SMILES string of the molecule is CC(=O)N1CCC(CC(=O)N2CCC2)C1. The minimum absolute atomic E-state index is 0.133. The van der Waals surface area contributed by atoms with Gasteiger partial charge in [-0.1, -0.05) is 0 Å². The van der Waals surface area contributed by atoms with Gasteiger partial charge in [-0.15, -0.1) is 0 Å². The summed E-state index contributed by atoms with van der Waals surface area (Å²) < 4.78 is 0. The number of hydrogen-bond acceptors (Lipinski definition) is 2. The Hall–Kier alpha value is -1.06. The Morgan fingerprint density at radius 2 is 1.93 bits per heavy atom. The largest absolute Gasteiger partial charge is 0.343 e. The summed E-state index contributed by atoms with van der Waals surface area (Å²) in [5.74, 6) is 0.799. The average Bonchev–Trinajstić information content (AvgIpc) is 2.48. The molecule has 4 nitrogen and oxygen atoms in total. The quantitative estimate of drug-likeness (QED) is 0.665. The Labute approximate surface area is 90.2 Å². The maximum absolute atomic E-state index is 11.7. The van der Waals surface area contributed by atoms with Crippen molar-refractivity contribution in [2.45, 2.75) is 26.2 Å². The zero-order chi connectivity index (χ0) is 10.8. The van der Waals surface area contributed by atoms with Crippen molar-refractivity contribution in [3.05, 3.63) is 0 Å². The van der Waals surface area contributed by atoms with Crippen molar-refractivity contribution in [2.75, 3.05) is 26.2 Å². The van der Waals surface area contributed by atoms with Crippen molar-refractivity contribution in [2.24, 2.45) is 5.92 Å². The fourth-order valence-electron chi connectivity index (χ4n) is 2.23. The third-order valence-electron chi connectivity index (χ3n) is 3.40. The number of amides is 2. The van der Waals surface area contributed by atoms with Crippen molar-refractivity contribution in [3.8, 4) is 0 Å². The van der Waals surface area contributed by atoms with Gasteiger partial charge < -0.3 is 9.80 Å². The van der Waals surface area contributed by atoms with Gasteiger partial charge in [-0.25, -0.2) is 0 Å². The van der Waals surface area contributed by atoms with Crippen molar-refractivity contribution in [1.82, 2.24) is 9.80 Å². The molecule has 1 unspecified atom stereocenters. The molecule has 2 amide bonds. The maximum atomic E-state index is 11.7. The molecule has 2 saturated heterocycles. The second-order valence-electron chi connectivity index (χ2n) is 4.56. The number of nitrogens with zero attached hydrogens (tertiary/aromatic N) is 2. The van der Waals surface area contributed by atoms with Gasteiger partial charge in [-0.3, -0.25) is 9.59 Å². The van der Waals surface area contributed by atoms with Gasteiger partial charge in [-0.05, 0) is 18.8 Å². The Morgan fingerprint density at radius 3 is 2.40 bits per heavy atom. The van der Waals surface area contributed by atoms with Gasteiger partial charge in [0.2, 0.25) is 11.8 Å². The molecule has 0 aromatic carbocycles. The molecular weight excluding hydrogens is 192 g/mol. The van der Waals surface area contributed by atoms with Gasteiger partial charge in [0.25, 0.3) is 0 Å². The summed E-state index contributed by atoms with van der Waals surface area (Å²) in [5.41, 5.74) is 0. The highest BCUT2D eigenvalue weighted by Gasteiger charge is 2.29. The van der Waals surface area contributed by atoms with E-state index in [2.05, 4.69) is 0 Å². The van der Waals surface area contributed by atoms with Crippen molar-refractivity contribution < 1.29 is 9.59 Å². The monoisotopic (exact) mass is 210 g/mol. The first-order valence-corrected chi connectivity index (χ1v) is 5.70. The summed E-state index contributed by atoms with van der Waals surface area (Å²) in [6.07, 6.45) is 2.76. The number of hydrogen-bond donors (Lipinski definition) is 0. The van der Waals surface area contributed by atoms with Gasteiger partial charge in [0.15, 0.2) is 0 Å². The second kappa shape index (κ2) is 4.21. The van der Waals surface area contributed by atoms with Crippen LogP contribution in [0.2, 0.25) is 0 Å². The van der Waals surface area contributed by atoms with E-state index in [1.54, 1.807) is 6.92 Å². The zero-order valence-electron chi connectivity index (χ0n) is 9.24. The van der Waals surface area contributed by atoms with Crippen molar-refractivity contribution in [1.29, 1.82) is 0 Å². The fraction of sp³-hybridized carbons (Fsp3) is 0.818. The van der Waals surface area contributed by atoms with Crippen LogP contribution in [0.5, 0.6) is 0 Å². The van der Waals surface area contributed by atoms with E-state index in [9.17, 15) is 9.59 Å². The summed E-state index contributed by atoms with van der Waals surface area (Å²) >= 11 is 0. The highest BCUT2D eigenvalue weighted by Crippen LogP contribution is 2.21. The fourth-order valence-corrected chi connectivity index (χ4v) is 2.23. The molecule has 0 aromatic rings. The molecule has 0 aromatic heterocycles. The second-order valence-corrected chi connectivity index (χ2v) is 4.56. The van der Waals surface area contributed by atoms with Gasteiger partial charge in [0, 0.05) is 39.5 Å². The van der Waals surface area contributed by atoms with Crippen LogP contribution in [0.15, 0.2) is 0 Å². The van der Waals surface area contributed by atoms with Crippen LogP contribution < -0.4 is 0 Å². The Bertz CT molecular complexity index is 274. The van der Waals surface area contributed by atoms with Crippen LogP contribution in [0.4, 0.5) is 0 Å². The van der Waals surface area contributed by atoms with E-state index in [1.165, 1.54) is 0 Å². The minimum atomic E-state index is 0.133. The lowest BCUT2D eigenvalue weighted by molar-refractivity contribution is -0.136. The first-order valence-electron chi connectivity index (χ1n) is 5.70. The van der Waals surface area contributed by atoms with Gasteiger partial charge in [0.1, 0.15) is 0 Å². The molecule has 2 aliphatic rings. The topological polar surface area (TPSA) is 40.6 Å². The van der Waals surface area contributed by atoms with Gasteiger partial charge in [0.05, 0.1) is 0 Å². The summed E-state index contributed by atoms with van der Waals surface area (Å²) in [7, 11) is 0. The molecule has 4 heteroatoms. The van der Waals surface area contributed by atoms with Gasteiger partial charge in [-0.2, -0.15) is 0 Å². The minimum Gasteiger partial charge on any atom is -0.343 e. The maximum Gasteiger partial charge on any atom is 0.222 e. The molecule has 2 fully saturated rings. The normalized spacial score (nSPS) is 25.3. The van der Waals surface area contributed by atoms with E-state index < -0.39 is 0 Å². The molecule has 2 aliphatic heterocycles. The molecule has 15 heavy (non-hydrogen) atoms. The Balaban J connectivity index is 1.76. The lowest BCUT2D eigenvalue weighted by Gasteiger charge is -2.31. The zero-order valence-corrected chi connectivity index (χ0v) is 9.24. The van der Waals surface area contributed by atoms with E-state index >= 15 is 0 Å². The van der Waals surface area contributed by atoms with Crippen LogP contribution in [0, 0.1) is 5.92 Å². The van der Waals surface area contributed by atoms with E-state index in [0.29, 0.717) is 12.3 Å². The predicted octanol–water partition coefficient (Wildman–Crippen LogP) is 0.477. The Kier molecular flexibility index (Phi) is 2.93. The molecule has 1 atom stereocenters. The average molecular weight is 210 g/mol. The molecule has 2 rings (SSSR count). The summed E-state index contributed by atoms with van der Waals surface area (Å²) in [5, 5.41) is 0. The summed E-state index contributed by atoms with van der Waals surface area (Å²) in [4.78, 5) is 26.5. The summed E-state index contributed by atoms with van der Waals surface area (Å²) in [6.45, 7) is 5.06. The highest BCUT2D eigenvalue weighted by molar-refractivity contribution is 5.77. The van der Waals surface area contributed by atoms with Crippen molar-refractivity contribution in [3.63, 3.8) is 0 Å². The van der Waals surface area contributed by atoms with E-state index in [1.807, 2.05) is 9.80 Å². The van der Waals surface area contributed by atoms with Crippen LogP contribution in [0.3, 0.4) is 0 Å². The van der Waals surface area contributed by atoms with E-state index in [4.69, 9.17) is 0 Å². The molecular formula is C11H18N2O2. The highest BCUT2D eigenvalue weighted by atomic mass is 16.2. The van der Waals surface area contributed by atoms with E-state index in [0.717, 1.165) is 39.0 Å².